The summed E-state index contributed by atoms with van der Waals surface area (Å²) in [6.45, 7) is 2.46. The highest BCUT2D eigenvalue weighted by Crippen LogP contribution is 2.22. The van der Waals surface area contributed by atoms with Gasteiger partial charge in [0.1, 0.15) is 5.75 Å². The maximum atomic E-state index is 12.3. The third-order valence-electron chi connectivity index (χ3n) is 3.42. The summed E-state index contributed by atoms with van der Waals surface area (Å²) in [6.07, 6.45) is 0. The van der Waals surface area contributed by atoms with E-state index in [4.69, 9.17) is 9.88 Å². The molecule has 0 fully saturated rings. The molecule has 8 heteroatoms. The van der Waals surface area contributed by atoms with E-state index >= 15 is 0 Å². The molecule has 0 atom stereocenters. The monoisotopic (exact) mass is 380 g/mol. The number of ether oxygens (including phenoxy) is 1. The summed E-state index contributed by atoms with van der Waals surface area (Å²) in [4.78, 5) is 13.3. The van der Waals surface area contributed by atoms with E-state index in [0.29, 0.717) is 12.3 Å². The van der Waals surface area contributed by atoms with Gasteiger partial charge in [0, 0.05) is 17.2 Å². The Morgan fingerprint density at radius 3 is 2.48 bits per heavy atom. The number of thioether (sulfide) groups is 1. The first-order chi connectivity index (χ1) is 11.8. The highest BCUT2D eigenvalue weighted by Gasteiger charge is 2.17. The van der Waals surface area contributed by atoms with Gasteiger partial charge in [-0.1, -0.05) is 17.7 Å². The molecule has 3 N–H and O–H groups in total. The molecule has 0 saturated heterocycles. The van der Waals surface area contributed by atoms with E-state index in [1.165, 1.54) is 30.9 Å². The number of benzene rings is 2. The maximum absolute atomic E-state index is 12.3. The Kier molecular flexibility index (Phi) is 6.46. The molecular formula is C17H20N2O4S2. The fourth-order valence-electron chi connectivity index (χ4n) is 2.10. The molecule has 134 valence electrons. The molecule has 0 spiro atoms. The molecule has 2 aromatic carbocycles. The molecule has 0 saturated carbocycles. The van der Waals surface area contributed by atoms with Crippen molar-refractivity contribution in [3.63, 3.8) is 0 Å². The van der Waals surface area contributed by atoms with Gasteiger partial charge in [-0.15, -0.1) is 11.8 Å². The number of hydrogen-bond donors (Lipinski definition) is 2. The number of methoxy groups -OCH3 is 1. The van der Waals surface area contributed by atoms with Gasteiger partial charge >= 0.3 is 0 Å². The van der Waals surface area contributed by atoms with E-state index in [0.717, 1.165) is 4.90 Å². The van der Waals surface area contributed by atoms with Crippen LogP contribution < -0.4 is 15.2 Å². The lowest BCUT2D eigenvalue weighted by Gasteiger charge is -2.10. The number of hydrogen-bond acceptors (Lipinski definition) is 5. The lowest BCUT2D eigenvalue weighted by atomic mass is 10.2. The minimum absolute atomic E-state index is 0.132. The number of carbonyl (C=O) groups excluding carboxylic acids is 1. The number of nitrogens with two attached hydrogens (primary N) is 1. The van der Waals surface area contributed by atoms with Gasteiger partial charge in [-0.25, -0.2) is 13.6 Å². The van der Waals surface area contributed by atoms with Crippen LogP contribution in [0.3, 0.4) is 0 Å². The minimum Gasteiger partial charge on any atom is -0.496 e. The van der Waals surface area contributed by atoms with Crippen molar-refractivity contribution in [3.8, 4) is 5.75 Å². The molecule has 0 heterocycles. The normalized spacial score (nSPS) is 11.2. The standard InChI is InChI=1S/C17H20N2O4S2/c1-12-3-5-13(6-4-12)24-10-9-19-17(20)15-11-14(25(18,21)22)7-8-16(15)23-2/h3-8,11H,9-10H2,1-2H3,(H,19,20)(H2,18,21,22). The predicted molar refractivity (Wildman–Crippen MR) is 98.6 cm³/mol. The van der Waals surface area contributed by atoms with Gasteiger partial charge in [0.05, 0.1) is 17.6 Å². The van der Waals surface area contributed by atoms with E-state index < -0.39 is 15.9 Å². The van der Waals surface area contributed by atoms with Crippen molar-refractivity contribution in [1.82, 2.24) is 5.32 Å². The minimum atomic E-state index is -3.89. The highest BCUT2D eigenvalue weighted by molar-refractivity contribution is 7.99. The zero-order valence-electron chi connectivity index (χ0n) is 14.0. The molecule has 0 radical (unpaired) electrons. The van der Waals surface area contributed by atoms with Gasteiger partial charge in [-0.05, 0) is 37.3 Å². The molecule has 6 nitrogen and oxygen atoms in total. The molecule has 0 aliphatic carbocycles. The van der Waals surface area contributed by atoms with Crippen molar-refractivity contribution < 1.29 is 17.9 Å². The van der Waals surface area contributed by atoms with Crippen LogP contribution in [0.25, 0.3) is 0 Å². The van der Waals surface area contributed by atoms with E-state index in [1.807, 2.05) is 31.2 Å². The smallest absolute Gasteiger partial charge is 0.255 e. The van der Waals surface area contributed by atoms with Gasteiger partial charge in [0.25, 0.3) is 5.91 Å². The summed E-state index contributed by atoms with van der Waals surface area (Å²) in [7, 11) is -2.48. The van der Waals surface area contributed by atoms with Crippen LogP contribution in [-0.4, -0.2) is 33.7 Å². The Morgan fingerprint density at radius 2 is 1.88 bits per heavy atom. The summed E-state index contributed by atoms with van der Waals surface area (Å²) in [5.74, 6) is 0.564. The summed E-state index contributed by atoms with van der Waals surface area (Å²) in [5, 5.41) is 7.87. The molecule has 2 aromatic rings. The van der Waals surface area contributed by atoms with E-state index in [2.05, 4.69) is 5.32 Å². The van der Waals surface area contributed by atoms with Crippen LogP contribution in [0.5, 0.6) is 5.75 Å². The van der Waals surface area contributed by atoms with E-state index in [-0.39, 0.29) is 16.2 Å². The number of amides is 1. The Bertz CT molecular complexity index is 849. The first-order valence-corrected chi connectivity index (χ1v) is 10.0. The molecule has 0 unspecified atom stereocenters. The zero-order valence-corrected chi connectivity index (χ0v) is 15.6. The molecule has 0 bridgehead atoms. The van der Waals surface area contributed by atoms with Crippen LogP contribution in [0.2, 0.25) is 0 Å². The van der Waals surface area contributed by atoms with Gasteiger partial charge < -0.3 is 10.1 Å². The van der Waals surface area contributed by atoms with E-state index in [9.17, 15) is 13.2 Å². The number of primary sulfonamides is 1. The van der Waals surface area contributed by atoms with Crippen molar-refractivity contribution in [2.45, 2.75) is 16.7 Å². The zero-order chi connectivity index (χ0) is 18.4. The third-order valence-corrected chi connectivity index (χ3v) is 5.35. The summed E-state index contributed by atoms with van der Waals surface area (Å²) in [6, 6.07) is 12.1. The van der Waals surface area contributed by atoms with Crippen LogP contribution in [0.15, 0.2) is 52.3 Å². The predicted octanol–water partition coefficient (Wildman–Crippen LogP) is 2.17. The fourth-order valence-corrected chi connectivity index (χ4v) is 3.41. The molecule has 0 aliphatic rings. The van der Waals surface area contributed by atoms with Gasteiger partial charge in [0.15, 0.2) is 0 Å². The second-order valence-corrected chi connectivity index (χ2v) is 8.05. The van der Waals surface area contributed by atoms with Crippen molar-refractivity contribution in [2.24, 2.45) is 5.14 Å². The molecule has 0 aliphatic heterocycles. The summed E-state index contributed by atoms with van der Waals surface area (Å²) >= 11 is 1.62. The SMILES string of the molecule is COc1ccc(S(N)(=O)=O)cc1C(=O)NCCSc1ccc(C)cc1. The Labute approximate surface area is 151 Å². The molecular weight excluding hydrogens is 360 g/mol. The maximum Gasteiger partial charge on any atom is 0.255 e. The van der Waals surface area contributed by atoms with Crippen molar-refractivity contribution in [1.29, 1.82) is 0 Å². The van der Waals surface area contributed by atoms with Gasteiger partial charge in [-0.3, -0.25) is 4.79 Å². The van der Waals surface area contributed by atoms with Crippen molar-refractivity contribution in [2.75, 3.05) is 19.4 Å². The number of rotatable bonds is 7. The van der Waals surface area contributed by atoms with Crippen LogP contribution in [0, 0.1) is 6.92 Å². The molecule has 2 rings (SSSR count). The Morgan fingerprint density at radius 1 is 1.20 bits per heavy atom. The topological polar surface area (TPSA) is 98.5 Å². The second-order valence-electron chi connectivity index (χ2n) is 5.32. The highest BCUT2D eigenvalue weighted by atomic mass is 32.2. The number of nitrogens with one attached hydrogen (secondary N) is 1. The van der Waals surface area contributed by atoms with Gasteiger partial charge in [-0.2, -0.15) is 0 Å². The number of aryl methyl sites for hydroxylation is 1. The average Bonchev–Trinajstić information content (AvgIpc) is 2.58. The van der Waals surface area contributed by atoms with Crippen molar-refractivity contribution in [3.05, 3.63) is 53.6 Å². The first-order valence-electron chi connectivity index (χ1n) is 7.50. The molecule has 0 aromatic heterocycles. The summed E-state index contributed by atoms with van der Waals surface area (Å²) in [5.41, 5.74) is 1.33. The first kappa shape index (κ1) is 19.3. The van der Waals surface area contributed by atoms with Gasteiger partial charge in [0.2, 0.25) is 10.0 Å². The molecule has 25 heavy (non-hydrogen) atoms. The number of carbonyl (C=O) groups is 1. The third kappa shape index (κ3) is 5.48. The largest absolute Gasteiger partial charge is 0.496 e. The number of sulfonamides is 1. The summed E-state index contributed by atoms with van der Waals surface area (Å²) < 4.78 is 28.0. The van der Waals surface area contributed by atoms with Crippen LogP contribution in [0.1, 0.15) is 15.9 Å². The average molecular weight is 380 g/mol. The lowest BCUT2D eigenvalue weighted by Crippen LogP contribution is -2.26. The fraction of sp³-hybridized carbons (Fsp3) is 0.235. The molecule has 1 amide bonds. The van der Waals surface area contributed by atoms with Crippen LogP contribution in [-0.2, 0) is 10.0 Å². The lowest BCUT2D eigenvalue weighted by molar-refractivity contribution is 0.0953. The van der Waals surface area contributed by atoms with Crippen LogP contribution in [0.4, 0.5) is 0 Å². The second kappa shape index (κ2) is 8.37. The van der Waals surface area contributed by atoms with Crippen LogP contribution >= 0.6 is 11.8 Å². The Balaban J connectivity index is 1.99. The van der Waals surface area contributed by atoms with Crippen molar-refractivity contribution >= 4 is 27.7 Å². The van der Waals surface area contributed by atoms with E-state index in [1.54, 1.807) is 11.8 Å². The quantitative estimate of drug-likeness (QED) is 0.567. The Hall–Kier alpha value is -2.03.